The van der Waals surface area contributed by atoms with E-state index in [0.717, 1.165) is 10.0 Å². The number of nitrogens with one attached hydrogen (secondary N) is 1. The summed E-state index contributed by atoms with van der Waals surface area (Å²) in [6.07, 6.45) is 2.02. The minimum absolute atomic E-state index is 0.230. The van der Waals surface area contributed by atoms with Crippen LogP contribution in [0.15, 0.2) is 47.1 Å². The molecular weight excluding hydrogens is 342 g/mol. The van der Waals surface area contributed by atoms with Crippen LogP contribution < -0.4 is 11.1 Å². The van der Waals surface area contributed by atoms with E-state index in [1.807, 2.05) is 30.3 Å². The maximum absolute atomic E-state index is 12.0. The van der Waals surface area contributed by atoms with E-state index in [0.29, 0.717) is 12.1 Å². The molecule has 6 heteroatoms. The van der Waals surface area contributed by atoms with Gasteiger partial charge in [-0.15, -0.1) is 0 Å². The molecule has 20 heavy (non-hydrogen) atoms. The number of rotatable bonds is 4. The Morgan fingerprint density at radius 2 is 2.10 bits per heavy atom. The van der Waals surface area contributed by atoms with E-state index >= 15 is 0 Å². The summed E-state index contributed by atoms with van der Waals surface area (Å²) in [5.41, 5.74) is 7.35. The normalized spacial score (nSPS) is 11.9. The highest BCUT2D eigenvalue weighted by molar-refractivity contribution is 9.10. The van der Waals surface area contributed by atoms with Crippen LogP contribution in [0.5, 0.6) is 0 Å². The summed E-state index contributed by atoms with van der Waals surface area (Å²) in [7, 11) is 0. The van der Waals surface area contributed by atoms with Crippen molar-refractivity contribution in [3.8, 4) is 0 Å². The molecule has 104 valence electrons. The fourth-order valence-corrected chi connectivity index (χ4v) is 2.18. The Bertz CT molecular complexity index is 607. The first-order chi connectivity index (χ1) is 9.56. The van der Waals surface area contributed by atoms with Gasteiger partial charge in [0, 0.05) is 10.7 Å². The summed E-state index contributed by atoms with van der Waals surface area (Å²) in [5, 5.41) is 2.91. The predicted molar refractivity (Wildman–Crippen MR) is 83.7 cm³/mol. The smallest absolute Gasteiger partial charge is 0.241 e. The number of nitrogens with zero attached hydrogens (tertiary/aromatic N) is 1. The second-order valence-corrected chi connectivity index (χ2v) is 5.55. The fraction of sp³-hybridized carbons (Fsp3) is 0.143. The van der Waals surface area contributed by atoms with Crippen molar-refractivity contribution < 1.29 is 4.79 Å². The molecule has 1 amide bonds. The molecule has 1 heterocycles. The minimum atomic E-state index is -0.646. The molecule has 3 N–H and O–H groups in total. The first-order valence-corrected chi connectivity index (χ1v) is 7.15. The van der Waals surface area contributed by atoms with Gasteiger partial charge in [0.1, 0.15) is 0 Å². The number of nitrogens with two attached hydrogens (primary N) is 1. The monoisotopic (exact) mass is 353 g/mol. The molecule has 0 saturated heterocycles. The minimum Gasteiger partial charge on any atom is -0.322 e. The van der Waals surface area contributed by atoms with Gasteiger partial charge in [0.2, 0.25) is 5.91 Å². The Morgan fingerprint density at radius 1 is 1.40 bits per heavy atom. The average Bonchev–Trinajstić information content (AvgIpc) is 2.44. The van der Waals surface area contributed by atoms with E-state index in [2.05, 4.69) is 26.2 Å². The topological polar surface area (TPSA) is 68.0 Å². The molecule has 0 bridgehead atoms. The summed E-state index contributed by atoms with van der Waals surface area (Å²) in [5.74, 6) is -0.296. The summed E-state index contributed by atoms with van der Waals surface area (Å²) < 4.78 is 0.730. The lowest BCUT2D eigenvalue weighted by Crippen LogP contribution is -2.37. The van der Waals surface area contributed by atoms with Crippen LogP contribution >= 0.6 is 27.5 Å². The highest BCUT2D eigenvalue weighted by Gasteiger charge is 2.16. The van der Waals surface area contributed by atoms with Crippen molar-refractivity contribution in [3.05, 3.63) is 57.8 Å². The third kappa shape index (κ3) is 4.03. The van der Waals surface area contributed by atoms with Crippen LogP contribution in [0.3, 0.4) is 0 Å². The van der Waals surface area contributed by atoms with E-state index < -0.39 is 6.04 Å². The van der Waals surface area contributed by atoms with Crippen LogP contribution in [0, 0.1) is 0 Å². The number of anilines is 1. The van der Waals surface area contributed by atoms with Crippen molar-refractivity contribution in [1.29, 1.82) is 0 Å². The Kier molecular flexibility index (Phi) is 5.11. The van der Waals surface area contributed by atoms with Crippen molar-refractivity contribution >= 4 is 39.1 Å². The van der Waals surface area contributed by atoms with Gasteiger partial charge in [-0.3, -0.25) is 4.79 Å². The molecule has 0 fully saturated rings. The van der Waals surface area contributed by atoms with Gasteiger partial charge >= 0.3 is 0 Å². The van der Waals surface area contributed by atoms with Gasteiger partial charge in [-0.25, -0.2) is 4.98 Å². The number of amides is 1. The summed E-state index contributed by atoms with van der Waals surface area (Å²) in [6.45, 7) is 0. The van der Waals surface area contributed by atoms with E-state index in [9.17, 15) is 4.79 Å². The quantitative estimate of drug-likeness (QED) is 0.829. The van der Waals surface area contributed by atoms with Gasteiger partial charge < -0.3 is 11.1 Å². The Hall–Kier alpha value is -1.43. The van der Waals surface area contributed by atoms with Crippen molar-refractivity contribution in [1.82, 2.24) is 4.98 Å². The predicted octanol–water partition coefficient (Wildman–Crippen LogP) is 3.01. The lowest BCUT2D eigenvalue weighted by Gasteiger charge is -2.13. The number of aromatic nitrogens is 1. The SMILES string of the molecule is NC(Cc1ccccc1)C(=O)Nc1cc(Br)cnc1Cl. The van der Waals surface area contributed by atoms with Crippen LogP contribution in [-0.4, -0.2) is 16.9 Å². The fourth-order valence-electron chi connectivity index (χ4n) is 1.70. The van der Waals surface area contributed by atoms with Crippen LogP contribution in [0.25, 0.3) is 0 Å². The van der Waals surface area contributed by atoms with Gasteiger partial charge in [0.05, 0.1) is 11.7 Å². The third-order valence-electron chi connectivity index (χ3n) is 2.70. The number of hydrogen-bond donors (Lipinski definition) is 2. The first-order valence-electron chi connectivity index (χ1n) is 5.97. The highest BCUT2D eigenvalue weighted by atomic mass is 79.9. The van der Waals surface area contributed by atoms with E-state index in [-0.39, 0.29) is 11.1 Å². The van der Waals surface area contributed by atoms with Gasteiger partial charge in [-0.1, -0.05) is 41.9 Å². The lowest BCUT2D eigenvalue weighted by molar-refractivity contribution is -0.117. The second-order valence-electron chi connectivity index (χ2n) is 4.28. The van der Waals surface area contributed by atoms with Gasteiger partial charge in [0.15, 0.2) is 5.15 Å². The maximum atomic E-state index is 12.0. The van der Waals surface area contributed by atoms with Crippen LogP contribution in [0.2, 0.25) is 5.15 Å². The van der Waals surface area contributed by atoms with Crippen molar-refractivity contribution in [3.63, 3.8) is 0 Å². The van der Waals surface area contributed by atoms with Crippen molar-refractivity contribution in [2.45, 2.75) is 12.5 Å². The van der Waals surface area contributed by atoms with E-state index in [1.165, 1.54) is 0 Å². The summed E-state index contributed by atoms with van der Waals surface area (Å²) in [4.78, 5) is 16.0. The Morgan fingerprint density at radius 3 is 2.80 bits per heavy atom. The standard InChI is InChI=1S/C14H13BrClN3O/c15-10-7-12(13(16)18-8-10)19-14(20)11(17)6-9-4-2-1-3-5-9/h1-5,7-8,11H,6,17H2,(H,19,20). The third-order valence-corrected chi connectivity index (χ3v) is 3.43. The molecule has 1 atom stereocenters. The summed E-state index contributed by atoms with van der Waals surface area (Å²) >= 11 is 9.19. The molecular formula is C14H13BrClN3O. The molecule has 2 rings (SSSR count). The zero-order valence-electron chi connectivity index (χ0n) is 10.5. The van der Waals surface area contributed by atoms with Crippen molar-refractivity contribution in [2.24, 2.45) is 5.73 Å². The average molecular weight is 355 g/mol. The van der Waals surface area contributed by atoms with Gasteiger partial charge in [-0.05, 0) is 34.0 Å². The molecule has 0 spiro atoms. The number of carbonyl (C=O) groups excluding carboxylic acids is 1. The number of benzene rings is 1. The molecule has 0 aliphatic carbocycles. The molecule has 0 radical (unpaired) electrons. The molecule has 1 unspecified atom stereocenters. The zero-order valence-corrected chi connectivity index (χ0v) is 12.9. The number of carbonyl (C=O) groups is 1. The summed E-state index contributed by atoms with van der Waals surface area (Å²) in [6, 6.07) is 10.6. The first kappa shape index (κ1) is 15.0. The van der Waals surface area contributed by atoms with Crippen LogP contribution in [0.4, 0.5) is 5.69 Å². The lowest BCUT2D eigenvalue weighted by atomic mass is 10.1. The van der Waals surface area contributed by atoms with E-state index in [1.54, 1.807) is 12.3 Å². The molecule has 1 aromatic carbocycles. The number of pyridine rings is 1. The second kappa shape index (κ2) is 6.83. The highest BCUT2D eigenvalue weighted by Crippen LogP contribution is 2.23. The molecule has 1 aromatic heterocycles. The molecule has 4 nitrogen and oxygen atoms in total. The largest absolute Gasteiger partial charge is 0.322 e. The number of hydrogen-bond acceptors (Lipinski definition) is 3. The maximum Gasteiger partial charge on any atom is 0.241 e. The number of halogens is 2. The molecule has 0 saturated carbocycles. The Balaban J connectivity index is 2.02. The Labute approximate surface area is 130 Å². The van der Waals surface area contributed by atoms with Gasteiger partial charge in [-0.2, -0.15) is 0 Å². The zero-order chi connectivity index (χ0) is 14.5. The van der Waals surface area contributed by atoms with Crippen molar-refractivity contribution in [2.75, 3.05) is 5.32 Å². The molecule has 0 aliphatic rings. The van der Waals surface area contributed by atoms with Crippen LogP contribution in [-0.2, 0) is 11.2 Å². The molecule has 0 aliphatic heterocycles. The van der Waals surface area contributed by atoms with E-state index in [4.69, 9.17) is 17.3 Å². The van der Waals surface area contributed by atoms with Crippen LogP contribution in [0.1, 0.15) is 5.56 Å². The molecule has 2 aromatic rings. The van der Waals surface area contributed by atoms with Gasteiger partial charge in [0.25, 0.3) is 0 Å².